The molecule has 0 amide bonds. The Hall–Kier alpha value is -0.160. The molecule has 0 spiro atoms. The SMILES string of the molecule is CC(C)[C@@H]1O[C@@H]([C@@H](C)N(C)C)CC(N(C)C)C1O. The lowest BCUT2D eigenvalue weighted by Gasteiger charge is -2.46. The number of ether oxygens (including phenoxy) is 1. The second kappa shape index (κ2) is 6.33. The largest absolute Gasteiger partial charge is 0.389 e. The number of hydrogen-bond donors (Lipinski definition) is 1. The molecule has 1 aliphatic heterocycles. The maximum absolute atomic E-state index is 10.4. The Labute approximate surface area is 112 Å². The summed E-state index contributed by atoms with van der Waals surface area (Å²) in [6, 6.07) is 0.541. The number of aliphatic hydroxyl groups excluding tert-OH is 1. The van der Waals surface area contributed by atoms with Gasteiger partial charge in [-0.1, -0.05) is 13.8 Å². The fourth-order valence-corrected chi connectivity index (χ4v) is 2.65. The van der Waals surface area contributed by atoms with E-state index >= 15 is 0 Å². The minimum absolute atomic E-state index is 0.0708. The molecule has 1 rings (SSSR count). The zero-order valence-electron chi connectivity index (χ0n) is 12.9. The molecule has 0 aliphatic carbocycles. The van der Waals surface area contributed by atoms with E-state index in [1.807, 2.05) is 14.1 Å². The number of hydrogen-bond acceptors (Lipinski definition) is 4. The van der Waals surface area contributed by atoms with Crippen LogP contribution in [0.25, 0.3) is 0 Å². The second-order valence-electron chi connectivity index (χ2n) is 6.34. The molecule has 5 atom stereocenters. The van der Waals surface area contributed by atoms with Gasteiger partial charge in [-0.05, 0) is 47.5 Å². The Morgan fingerprint density at radius 1 is 1.11 bits per heavy atom. The molecular weight excluding hydrogens is 228 g/mol. The second-order valence-corrected chi connectivity index (χ2v) is 6.34. The average molecular weight is 258 g/mol. The van der Waals surface area contributed by atoms with Gasteiger partial charge in [0.2, 0.25) is 0 Å². The Morgan fingerprint density at radius 3 is 2.06 bits per heavy atom. The van der Waals surface area contributed by atoms with E-state index in [-0.39, 0.29) is 18.2 Å². The first-order valence-electron chi connectivity index (χ1n) is 6.92. The monoisotopic (exact) mass is 258 g/mol. The van der Waals surface area contributed by atoms with Gasteiger partial charge in [-0.25, -0.2) is 0 Å². The van der Waals surface area contributed by atoms with E-state index < -0.39 is 6.10 Å². The van der Waals surface area contributed by atoms with E-state index in [9.17, 15) is 5.11 Å². The lowest BCUT2D eigenvalue weighted by Crippen LogP contribution is -2.58. The van der Waals surface area contributed by atoms with Crippen LogP contribution in [0.1, 0.15) is 27.2 Å². The lowest BCUT2D eigenvalue weighted by atomic mass is 9.87. The van der Waals surface area contributed by atoms with Crippen LogP contribution in [0.2, 0.25) is 0 Å². The van der Waals surface area contributed by atoms with Gasteiger partial charge >= 0.3 is 0 Å². The maximum Gasteiger partial charge on any atom is 0.0959 e. The third-order valence-electron chi connectivity index (χ3n) is 4.21. The quantitative estimate of drug-likeness (QED) is 0.817. The van der Waals surface area contributed by atoms with Crippen LogP contribution in [0.3, 0.4) is 0 Å². The molecule has 0 saturated carbocycles. The highest BCUT2D eigenvalue weighted by molar-refractivity contribution is 4.93. The van der Waals surface area contributed by atoms with Crippen molar-refractivity contribution in [3.05, 3.63) is 0 Å². The summed E-state index contributed by atoms with van der Waals surface area (Å²) in [5.74, 6) is 0.333. The summed E-state index contributed by atoms with van der Waals surface area (Å²) < 4.78 is 6.15. The van der Waals surface area contributed by atoms with Crippen LogP contribution >= 0.6 is 0 Å². The molecule has 1 N–H and O–H groups in total. The Bertz CT molecular complexity index is 238. The maximum atomic E-state index is 10.4. The molecule has 0 radical (unpaired) electrons. The van der Waals surface area contributed by atoms with Gasteiger partial charge in [0.25, 0.3) is 0 Å². The van der Waals surface area contributed by atoms with Crippen molar-refractivity contribution < 1.29 is 9.84 Å². The van der Waals surface area contributed by atoms with Gasteiger partial charge in [-0.3, -0.25) is 0 Å². The fraction of sp³-hybridized carbons (Fsp3) is 1.00. The van der Waals surface area contributed by atoms with Crippen molar-refractivity contribution in [1.82, 2.24) is 9.80 Å². The number of aliphatic hydroxyl groups is 1. The Balaban J connectivity index is 2.85. The highest BCUT2D eigenvalue weighted by Crippen LogP contribution is 2.29. The van der Waals surface area contributed by atoms with Crippen molar-refractivity contribution in [3.8, 4) is 0 Å². The summed E-state index contributed by atoms with van der Waals surface area (Å²) in [4.78, 5) is 4.31. The number of rotatable bonds is 4. The minimum Gasteiger partial charge on any atom is -0.389 e. The molecule has 18 heavy (non-hydrogen) atoms. The first kappa shape index (κ1) is 15.9. The summed E-state index contributed by atoms with van der Waals surface area (Å²) in [5, 5.41) is 10.4. The molecule has 0 aromatic rings. The molecular formula is C14H30N2O2. The smallest absolute Gasteiger partial charge is 0.0959 e. The van der Waals surface area contributed by atoms with E-state index in [0.29, 0.717) is 12.0 Å². The van der Waals surface area contributed by atoms with Crippen molar-refractivity contribution >= 4 is 0 Å². The Morgan fingerprint density at radius 2 is 1.67 bits per heavy atom. The molecule has 4 heteroatoms. The number of likely N-dealkylation sites (N-methyl/N-ethyl adjacent to an activating group) is 2. The molecule has 2 unspecified atom stereocenters. The van der Waals surface area contributed by atoms with E-state index in [2.05, 4.69) is 44.7 Å². The van der Waals surface area contributed by atoms with Crippen molar-refractivity contribution in [2.75, 3.05) is 28.2 Å². The zero-order valence-corrected chi connectivity index (χ0v) is 12.9. The summed E-state index contributed by atoms with van der Waals surface area (Å²) in [5.41, 5.74) is 0. The molecule has 0 bridgehead atoms. The van der Waals surface area contributed by atoms with Crippen LogP contribution in [-0.2, 0) is 4.74 Å². The number of nitrogens with zero attached hydrogens (tertiary/aromatic N) is 2. The molecule has 1 saturated heterocycles. The van der Waals surface area contributed by atoms with E-state index in [4.69, 9.17) is 4.74 Å². The minimum atomic E-state index is -0.398. The Kier molecular flexibility index (Phi) is 5.59. The third-order valence-corrected chi connectivity index (χ3v) is 4.21. The van der Waals surface area contributed by atoms with Crippen molar-refractivity contribution in [2.45, 2.75) is 57.6 Å². The molecule has 4 nitrogen and oxygen atoms in total. The lowest BCUT2D eigenvalue weighted by molar-refractivity contribution is -0.176. The van der Waals surface area contributed by atoms with Crippen LogP contribution in [-0.4, -0.2) is 73.5 Å². The third kappa shape index (κ3) is 3.44. The van der Waals surface area contributed by atoms with Gasteiger partial charge in [0.15, 0.2) is 0 Å². The van der Waals surface area contributed by atoms with Crippen LogP contribution in [0.5, 0.6) is 0 Å². The highest BCUT2D eigenvalue weighted by atomic mass is 16.5. The highest BCUT2D eigenvalue weighted by Gasteiger charge is 2.41. The van der Waals surface area contributed by atoms with E-state index in [1.165, 1.54) is 0 Å². The first-order chi connectivity index (χ1) is 8.25. The van der Waals surface area contributed by atoms with Crippen molar-refractivity contribution in [2.24, 2.45) is 5.92 Å². The summed E-state index contributed by atoms with van der Waals surface area (Å²) >= 11 is 0. The van der Waals surface area contributed by atoms with Crippen LogP contribution in [0, 0.1) is 5.92 Å². The average Bonchev–Trinajstić information content (AvgIpc) is 2.27. The van der Waals surface area contributed by atoms with Gasteiger partial charge in [-0.2, -0.15) is 0 Å². The van der Waals surface area contributed by atoms with Crippen LogP contribution in [0.4, 0.5) is 0 Å². The van der Waals surface area contributed by atoms with Gasteiger partial charge in [-0.15, -0.1) is 0 Å². The standard InChI is InChI=1S/C14H30N2O2/c1-9(2)14-13(17)11(16(6)7)8-12(18-14)10(3)15(4)5/h9-14,17H,8H2,1-7H3/t10-,11?,12-,13?,14+/m1/s1. The molecule has 1 heterocycles. The normalized spacial score (nSPS) is 35.5. The van der Waals surface area contributed by atoms with Crippen LogP contribution in [0.15, 0.2) is 0 Å². The van der Waals surface area contributed by atoms with Crippen molar-refractivity contribution in [1.29, 1.82) is 0 Å². The predicted octanol–water partition coefficient (Wildman–Crippen LogP) is 1.04. The zero-order chi connectivity index (χ0) is 14.0. The van der Waals surface area contributed by atoms with Gasteiger partial charge in [0.1, 0.15) is 0 Å². The molecule has 1 aliphatic rings. The van der Waals surface area contributed by atoms with E-state index in [0.717, 1.165) is 6.42 Å². The first-order valence-corrected chi connectivity index (χ1v) is 6.92. The van der Waals surface area contributed by atoms with Gasteiger partial charge < -0.3 is 19.6 Å². The fourth-order valence-electron chi connectivity index (χ4n) is 2.65. The molecule has 1 fully saturated rings. The predicted molar refractivity (Wildman–Crippen MR) is 74.7 cm³/mol. The summed E-state index contributed by atoms with van der Waals surface area (Å²) in [6.07, 6.45) is 0.601. The topological polar surface area (TPSA) is 35.9 Å². The molecule has 0 aromatic carbocycles. The summed E-state index contributed by atoms with van der Waals surface area (Å²) in [7, 11) is 8.23. The molecule has 108 valence electrons. The van der Waals surface area contributed by atoms with Crippen molar-refractivity contribution in [3.63, 3.8) is 0 Å². The molecule has 0 aromatic heterocycles. The summed E-state index contributed by atoms with van der Waals surface area (Å²) in [6.45, 7) is 6.42. The van der Waals surface area contributed by atoms with Gasteiger partial charge in [0.05, 0.1) is 18.3 Å². The van der Waals surface area contributed by atoms with Gasteiger partial charge in [0, 0.05) is 12.1 Å². The van der Waals surface area contributed by atoms with Crippen LogP contribution < -0.4 is 0 Å². The van der Waals surface area contributed by atoms with E-state index in [1.54, 1.807) is 0 Å².